The van der Waals surface area contributed by atoms with Crippen molar-refractivity contribution in [3.63, 3.8) is 0 Å². The maximum Gasteiger partial charge on any atom is 0.340 e. The fourth-order valence-electron chi connectivity index (χ4n) is 4.21. The second-order valence-corrected chi connectivity index (χ2v) is 7.71. The van der Waals surface area contributed by atoms with Crippen LogP contribution in [0.3, 0.4) is 0 Å². The van der Waals surface area contributed by atoms with E-state index in [1.54, 1.807) is 0 Å². The predicted octanol–water partition coefficient (Wildman–Crippen LogP) is 4.46. The van der Waals surface area contributed by atoms with Crippen molar-refractivity contribution < 1.29 is 42.5 Å². The topological polar surface area (TPSA) is 99.1 Å². The van der Waals surface area contributed by atoms with Gasteiger partial charge in [0.2, 0.25) is 0 Å². The number of aryl methyl sites for hydroxylation is 1. The molecule has 33 heavy (non-hydrogen) atoms. The van der Waals surface area contributed by atoms with E-state index in [9.17, 15) is 28.3 Å². The number of carboxylic acid groups (broad SMARTS) is 1. The Kier molecular flexibility index (Phi) is 4.29. The first-order valence-corrected chi connectivity index (χ1v) is 9.74. The van der Waals surface area contributed by atoms with Crippen molar-refractivity contribution in [2.24, 2.45) is 0 Å². The average molecular weight is 452 g/mol. The van der Waals surface area contributed by atoms with Gasteiger partial charge in [0, 0.05) is 18.6 Å². The summed E-state index contributed by atoms with van der Waals surface area (Å²) in [5.41, 5.74) is -1.43. The number of rotatable bonds is 2. The molecule has 1 unspecified atom stereocenters. The lowest BCUT2D eigenvalue weighted by molar-refractivity contribution is -0.132. The zero-order chi connectivity index (χ0) is 23.7. The predicted molar refractivity (Wildman–Crippen MR) is 108 cm³/mol. The van der Waals surface area contributed by atoms with E-state index in [0.29, 0.717) is 0 Å². The Morgan fingerprint density at radius 1 is 0.970 bits per heavy atom. The number of aromatic carboxylic acids is 1. The minimum absolute atomic E-state index is 0.0223. The van der Waals surface area contributed by atoms with Gasteiger partial charge in [0.1, 0.15) is 17.3 Å². The highest BCUT2D eigenvalue weighted by Crippen LogP contribution is 2.57. The summed E-state index contributed by atoms with van der Waals surface area (Å²) in [6, 6.07) is 8.47. The minimum atomic E-state index is -1.81. The third-order valence-electron chi connectivity index (χ3n) is 5.64. The van der Waals surface area contributed by atoms with Gasteiger partial charge in [-0.15, -0.1) is 0 Å². The van der Waals surface area contributed by atoms with Gasteiger partial charge in [-0.1, -0.05) is 6.07 Å². The molecule has 0 saturated carbocycles. The SMILES string of the molecule is CC(=O)Oc1cc2c(cc1F)C1(OC(=O)c3cc(C(=O)O)ccc31)c1cc(F)c(C)cc1O2. The van der Waals surface area contributed by atoms with Gasteiger partial charge in [0.25, 0.3) is 0 Å². The minimum Gasteiger partial charge on any atom is -0.478 e. The number of carbonyl (C=O) groups is 3. The standard InChI is InChI=1S/C24H14F2O7/c1-10-5-19-15(7-17(10)25)24(14-4-3-12(22(28)29)6-13(14)23(30)33-24)16-8-18(26)21(31-11(2)27)9-20(16)32-19/h3-9H,1-2H3,(H,28,29). The molecule has 1 spiro atoms. The lowest BCUT2D eigenvalue weighted by Crippen LogP contribution is -2.33. The summed E-state index contributed by atoms with van der Waals surface area (Å²) < 4.78 is 46.1. The van der Waals surface area contributed by atoms with Crippen molar-refractivity contribution in [2.75, 3.05) is 0 Å². The molecule has 0 aliphatic carbocycles. The zero-order valence-electron chi connectivity index (χ0n) is 17.2. The molecule has 1 N–H and O–H groups in total. The number of fused-ring (bicyclic) bond motifs is 6. The largest absolute Gasteiger partial charge is 0.478 e. The molecule has 7 nitrogen and oxygen atoms in total. The van der Waals surface area contributed by atoms with Crippen molar-refractivity contribution in [1.82, 2.24) is 0 Å². The van der Waals surface area contributed by atoms with Crippen LogP contribution in [0.1, 0.15) is 49.9 Å². The maximum atomic E-state index is 14.9. The van der Waals surface area contributed by atoms with Crippen LogP contribution in [0.15, 0.2) is 42.5 Å². The van der Waals surface area contributed by atoms with E-state index in [4.69, 9.17) is 14.2 Å². The molecule has 3 aromatic rings. The molecule has 0 radical (unpaired) electrons. The lowest BCUT2D eigenvalue weighted by atomic mass is 9.77. The lowest BCUT2D eigenvalue weighted by Gasteiger charge is -2.36. The molecule has 2 heterocycles. The van der Waals surface area contributed by atoms with Crippen LogP contribution in [-0.4, -0.2) is 23.0 Å². The Hall–Kier alpha value is -4.27. The highest BCUT2D eigenvalue weighted by atomic mass is 19.1. The van der Waals surface area contributed by atoms with Gasteiger partial charge >= 0.3 is 17.9 Å². The van der Waals surface area contributed by atoms with Crippen LogP contribution in [0.25, 0.3) is 0 Å². The second kappa shape index (κ2) is 6.86. The summed E-state index contributed by atoms with van der Waals surface area (Å²) in [4.78, 5) is 35.6. The van der Waals surface area contributed by atoms with E-state index in [0.717, 1.165) is 31.2 Å². The fraction of sp³-hybridized carbons (Fsp3) is 0.125. The molecule has 1 atom stereocenters. The molecular formula is C24H14F2O7. The Labute approximate surface area is 185 Å². The fourth-order valence-corrected chi connectivity index (χ4v) is 4.21. The third-order valence-corrected chi connectivity index (χ3v) is 5.64. The van der Waals surface area contributed by atoms with E-state index >= 15 is 0 Å². The molecule has 0 saturated heterocycles. The van der Waals surface area contributed by atoms with Crippen molar-refractivity contribution in [2.45, 2.75) is 19.4 Å². The number of benzene rings is 3. The molecule has 2 aliphatic heterocycles. The number of ether oxygens (including phenoxy) is 3. The Morgan fingerprint density at radius 3 is 2.30 bits per heavy atom. The smallest absolute Gasteiger partial charge is 0.340 e. The van der Waals surface area contributed by atoms with Gasteiger partial charge in [-0.3, -0.25) is 4.79 Å². The van der Waals surface area contributed by atoms with Gasteiger partial charge < -0.3 is 19.3 Å². The van der Waals surface area contributed by atoms with Gasteiger partial charge in [-0.2, -0.15) is 0 Å². The monoisotopic (exact) mass is 452 g/mol. The summed E-state index contributed by atoms with van der Waals surface area (Å²) in [6.07, 6.45) is 0. The Morgan fingerprint density at radius 2 is 1.64 bits per heavy atom. The highest BCUT2D eigenvalue weighted by molar-refractivity contribution is 6.00. The summed E-state index contributed by atoms with van der Waals surface area (Å²) in [5, 5.41) is 9.31. The summed E-state index contributed by atoms with van der Waals surface area (Å²) in [6.45, 7) is 2.63. The Bertz CT molecular complexity index is 1410. The molecule has 2 aliphatic rings. The quantitative estimate of drug-likeness (QED) is 0.453. The van der Waals surface area contributed by atoms with Gasteiger partial charge in [0.15, 0.2) is 17.2 Å². The molecular weight excluding hydrogens is 438 g/mol. The summed E-state index contributed by atoms with van der Waals surface area (Å²) >= 11 is 0. The van der Waals surface area contributed by atoms with E-state index in [-0.39, 0.29) is 44.9 Å². The van der Waals surface area contributed by atoms with Crippen LogP contribution < -0.4 is 9.47 Å². The molecule has 9 heteroatoms. The molecule has 166 valence electrons. The highest BCUT2D eigenvalue weighted by Gasteiger charge is 2.54. The van der Waals surface area contributed by atoms with E-state index < -0.39 is 40.9 Å². The maximum absolute atomic E-state index is 14.9. The van der Waals surface area contributed by atoms with Crippen LogP contribution in [0.5, 0.6) is 17.2 Å². The zero-order valence-corrected chi connectivity index (χ0v) is 17.2. The summed E-state index contributed by atoms with van der Waals surface area (Å²) in [7, 11) is 0. The molecule has 3 aromatic carbocycles. The van der Waals surface area contributed by atoms with Crippen LogP contribution in [-0.2, 0) is 15.1 Å². The van der Waals surface area contributed by atoms with Crippen LogP contribution >= 0.6 is 0 Å². The van der Waals surface area contributed by atoms with Crippen molar-refractivity contribution >= 4 is 17.9 Å². The van der Waals surface area contributed by atoms with Crippen molar-refractivity contribution in [3.8, 4) is 17.2 Å². The van der Waals surface area contributed by atoms with Gasteiger partial charge in [-0.25, -0.2) is 18.4 Å². The second-order valence-electron chi connectivity index (χ2n) is 7.71. The van der Waals surface area contributed by atoms with Crippen LogP contribution in [0, 0.1) is 18.6 Å². The van der Waals surface area contributed by atoms with Crippen LogP contribution in [0.2, 0.25) is 0 Å². The number of carboxylic acids is 1. The molecule has 0 aromatic heterocycles. The van der Waals surface area contributed by atoms with Crippen molar-refractivity contribution in [3.05, 3.63) is 87.5 Å². The normalized spacial score (nSPS) is 17.5. The number of carbonyl (C=O) groups excluding carboxylic acids is 2. The first-order chi connectivity index (χ1) is 15.6. The van der Waals surface area contributed by atoms with Gasteiger partial charge in [0.05, 0.1) is 22.3 Å². The molecule has 0 fully saturated rings. The molecule has 0 bridgehead atoms. The number of halogens is 2. The third kappa shape index (κ3) is 2.89. The first-order valence-electron chi connectivity index (χ1n) is 9.74. The molecule has 0 amide bonds. The Balaban J connectivity index is 1.85. The van der Waals surface area contributed by atoms with Gasteiger partial charge in [-0.05, 0) is 42.8 Å². The number of hydrogen-bond acceptors (Lipinski definition) is 6. The first kappa shape index (κ1) is 20.6. The molecule has 5 rings (SSSR count). The van der Waals surface area contributed by atoms with Crippen LogP contribution in [0.4, 0.5) is 8.78 Å². The van der Waals surface area contributed by atoms with E-state index in [1.165, 1.54) is 25.1 Å². The van der Waals surface area contributed by atoms with E-state index in [1.807, 2.05) is 0 Å². The number of esters is 2. The average Bonchev–Trinajstić information content (AvgIpc) is 3.03. The van der Waals surface area contributed by atoms with Crippen molar-refractivity contribution in [1.29, 1.82) is 0 Å². The summed E-state index contributed by atoms with van der Waals surface area (Å²) in [5.74, 6) is -4.64. The number of hydrogen-bond donors (Lipinski definition) is 1. The van der Waals surface area contributed by atoms with E-state index in [2.05, 4.69) is 0 Å².